The van der Waals surface area contributed by atoms with Gasteiger partial charge in [-0.15, -0.1) is 6.58 Å². The van der Waals surface area contributed by atoms with Crippen molar-refractivity contribution < 1.29 is 14.4 Å². The van der Waals surface area contributed by atoms with E-state index in [0.29, 0.717) is 12.1 Å². The molecule has 5 nitrogen and oxygen atoms in total. The third-order valence-corrected chi connectivity index (χ3v) is 4.70. The molecule has 0 aliphatic carbocycles. The zero-order valence-electron chi connectivity index (χ0n) is 14.9. The maximum atomic E-state index is 11.2. The van der Waals surface area contributed by atoms with Crippen molar-refractivity contribution in [3.05, 3.63) is 54.6 Å². The molecule has 5 heteroatoms. The number of rotatable bonds is 4. The zero-order chi connectivity index (χ0) is 18.3. The molecule has 26 heavy (non-hydrogen) atoms. The van der Waals surface area contributed by atoms with Crippen LogP contribution in [0.15, 0.2) is 54.2 Å². The number of carbonyl (C=O) groups is 1. The Bertz CT molecular complexity index is 1060. The molecule has 1 aromatic heterocycles. The van der Waals surface area contributed by atoms with Crippen LogP contribution in [-0.4, -0.2) is 22.4 Å². The monoisotopic (exact) mass is 348 g/mol. The summed E-state index contributed by atoms with van der Waals surface area (Å²) in [7, 11) is 0. The molecule has 1 atom stereocenters. The average Bonchev–Trinajstić information content (AvgIpc) is 3.14. The molecule has 1 aliphatic rings. The molecule has 2 heterocycles. The molecule has 0 amide bonds. The van der Waals surface area contributed by atoms with Crippen LogP contribution in [0.1, 0.15) is 25.8 Å². The smallest absolute Gasteiger partial charge is 0.331 e. The van der Waals surface area contributed by atoms with Gasteiger partial charge in [0.05, 0.1) is 10.9 Å². The molecule has 0 N–H and O–H groups in total. The number of para-hydroxylation sites is 1. The summed E-state index contributed by atoms with van der Waals surface area (Å²) in [5.41, 5.74) is 3.79. The third kappa shape index (κ3) is 2.39. The van der Waals surface area contributed by atoms with Gasteiger partial charge in [0, 0.05) is 36.4 Å². The molecule has 0 bridgehead atoms. The maximum absolute atomic E-state index is 11.2. The van der Waals surface area contributed by atoms with Gasteiger partial charge in [-0.1, -0.05) is 29.4 Å². The van der Waals surface area contributed by atoms with E-state index < -0.39 is 5.97 Å². The number of oxime groups is 1. The summed E-state index contributed by atoms with van der Waals surface area (Å²) in [6.45, 7) is 8.14. The Kier molecular flexibility index (Phi) is 3.99. The number of hydrogen-bond acceptors (Lipinski definition) is 4. The Morgan fingerprint density at radius 1 is 1.31 bits per heavy atom. The van der Waals surface area contributed by atoms with Crippen molar-refractivity contribution in [1.29, 1.82) is 0 Å². The lowest BCUT2D eigenvalue weighted by Crippen LogP contribution is -2.21. The Hall–Kier alpha value is -3.08. The van der Waals surface area contributed by atoms with Gasteiger partial charge >= 0.3 is 5.97 Å². The SMILES string of the molecule is C=CCC1Oc2c(ccc3c2c2ccccc2n3CC)/C1=N/OC(C)=O. The maximum Gasteiger partial charge on any atom is 0.331 e. The molecule has 0 radical (unpaired) electrons. The number of hydrogen-bond donors (Lipinski definition) is 0. The molecular formula is C21H20N2O3. The van der Waals surface area contributed by atoms with E-state index in [4.69, 9.17) is 9.57 Å². The third-order valence-electron chi connectivity index (χ3n) is 4.70. The summed E-state index contributed by atoms with van der Waals surface area (Å²) in [6, 6.07) is 12.4. The zero-order valence-corrected chi connectivity index (χ0v) is 14.9. The van der Waals surface area contributed by atoms with Gasteiger partial charge in [0.15, 0.2) is 0 Å². The first-order chi connectivity index (χ1) is 12.7. The van der Waals surface area contributed by atoms with Gasteiger partial charge in [-0.05, 0) is 25.1 Å². The lowest BCUT2D eigenvalue weighted by Gasteiger charge is -2.08. The van der Waals surface area contributed by atoms with Crippen molar-refractivity contribution in [2.24, 2.45) is 5.16 Å². The minimum atomic E-state index is -0.452. The highest BCUT2D eigenvalue weighted by Crippen LogP contribution is 2.42. The topological polar surface area (TPSA) is 52.8 Å². The number of carbonyl (C=O) groups excluding carboxylic acids is 1. The highest BCUT2D eigenvalue weighted by Gasteiger charge is 2.33. The number of benzene rings is 2. The normalized spacial score (nSPS) is 17.5. The van der Waals surface area contributed by atoms with E-state index >= 15 is 0 Å². The fourth-order valence-electron chi connectivity index (χ4n) is 3.68. The van der Waals surface area contributed by atoms with Crippen molar-refractivity contribution in [2.45, 2.75) is 32.9 Å². The Labute approximate surface area is 151 Å². The summed E-state index contributed by atoms with van der Waals surface area (Å²) in [4.78, 5) is 16.1. The van der Waals surface area contributed by atoms with Crippen LogP contribution in [0, 0.1) is 0 Å². The first-order valence-corrected chi connectivity index (χ1v) is 8.73. The number of aryl methyl sites for hydroxylation is 1. The van der Waals surface area contributed by atoms with Crippen molar-refractivity contribution in [3.63, 3.8) is 0 Å². The van der Waals surface area contributed by atoms with Gasteiger partial charge in [-0.3, -0.25) is 0 Å². The second-order valence-corrected chi connectivity index (χ2v) is 6.29. The summed E-state index contributed by atoms with van der Waals surface area (Å²) in [5.74, 6) is 0.343. The quantitative estimate of drug-likeness (QED) is 0.398. The summed E-state index contributed by atoms with van der Waals surface area (Å²) in [5, 5.41) is 6.28. The minimum absolute atomic E-state index is 0.309. The van der Waals surface area contributed by atoms with Gasteiger partial charge in [0.25, 0.3) is 0 Å². The summed E-state index contributed by atoms with van der Waals surface area (Å²) in [6.07, 6.45) is 2.06. The van der Waals surface area contributed by atoms with E-state index in [1.54, 1.807) is 6.08 Å². The van der Waals surface area contributed by atoms with E-state index in [-0.39, 0.29) is 6.10 Å². The van der Waals surface area contributed by atoms with E-state index in [1.165, 1.54) is 12.4 Å². The molecule has 1 aliphatic heterocycles. The van der Waals surface area contributed by atoms with Crippen LogP contribution in [0.25, 0.3) is 21.8 Å². The number of fused-ring (bicyclic) bond motifs is 5. The van der Waals surface area contributed by atoms with E-state index in [2.05, 4.69) is 41.4 Å². The molecule has 0 saturated carbocycles. The fourth-order valence-corrected chi connectivity index (χ4v) is 3.68. The molecule has 0 fully saturated rings. The van der Waals surface area contributed by atoms with Crippen molar-refractivity contribution in [2.75, 3.05) is 0 Å². The minimum Gasteiger partial charge on any atom is -0.482 e. The Balaban J connectivity index is 2.00. The van der Waals surface area contributed by atoms with Crippen LogP contribution in [0.5, 0.6) is 5.75 Å². The van der Waals surface area contributed by atoms with Crippen LogP contribution < -0.4 is 4.74 Å². The van der Waals surface area contributed by atoms with Crippen molar-refractivity contribution in [3.8, 4) is 5.75 Å². The lowest BCUT2D eigenvalue weighted by atomic mass is 10.0. The average molecular weight is 348 g/mol. The fraction of sp³-hybridized carbons (Fsp3) is 0.238. The largest absolute Gasteiger partial charge is 0.482 e. The second-order valence-electron chi connectivity index (χ2n) is 6.29. The predicted octanol–water partition coefficient (Wildman–Crippen LogP) is 4.42. The van der Waals surface area contributed by atoms with Gasteiger partial charge in [0.1, 0.15) is 17.6 Å². The van der Waals surface area contributed by atoms with Crippen LogP contribution in [0.3, 0.4) is 0 Å². The van der Waals surface area contributed by atoms with Crippen molar-refractivity contribution >= 4 is 33.5 Å². The predicted molar refractivity (Wildman–Crippen MR) is 103 cm³/mol. The molecular weight excluding hydrogens is 328 g/mol. The van der Waals surface area contributed by atoms with Gasteiger partial charge in [-0.25, -0.2) is 4.79 Å². The van der Waals surface area contributed by atoms with Crippen molar-refractivity contribution in [1.82, 2.24) is 4.57 Å². The van der Waals surface area contributed by atoms with E-state index in [0.717, 1.165) is 34.1 Å². The number of ether oxygens (including phenoxy) is 1. The molecule has 132 valence electrons. The number of aromatic nitrogens is 1. The van der Waals surface area contributed by atoms with Gasteiger partial charge in [0.2, 0.25) is 0 Å². The molecule has 3 aromatic rings. The molecule has 1 unspecified atom stereocenters. The molecule has 4 rings (SSSR count). The second kappa shape index (κ2) is 6.33. The highest BCUT2D eigenvalue weighted by molar-refractivity contribution is 6.19. The van der Waals surface area contributed by atoms with Crippen LogP contribution >= 0.6 is 0 Å². The Morgan fingerprint density at radius 2 is 2.12 bits per heavy atom. The first kappa shape index (κ1) is 16.4. The lowest BCUT2D eigenvalue weighted by molar-refractivity contribution is -0.140. The highest BCUT2D eigenvalue weighted by atomic mass is 16.7. The van der Waals surface area contributed by atoms with E-state index in [1.807, 2.05) is 18.2 Å². The molecule has 0 saturated heterocycles. The van der Waals surface area contributed by atoms with Gasteiger partial charge < -0.3 is 14.1 Å². The van der Waals surface area contributed by atoms with E-state index in [9.17, 15) is 4.79 Å². The molecule has 2 aromatic carbocycles. The Morgan fingerprint density at radius 3 is 2.85 bits per heavy atom. The summed E-state index contributed by atoms with van der Waals surface area (Å²) < 4.78 is 8.54. The first-order valence-electron chi connectivity index (χ1n) is 8.73. The van der Waals surface area contributed by atoms with Crippen LogP contribution in [0.4, 0.5) is 0 Å². The summed E-state index contributed by atoms with van der Waals surface area (Å²) >= 11 is 0. The van der Waals surface area contributed by atoms with Crippen LogP contribution in [-0.2, 0) is 16.2 Å². The molecule has 0 spiro atoms. The standard InChI is InChI=1S/C21H20N2O3/c1-4-8-18-20(22-26-13(3)24)15-11-12-17-19(21(15)25-18)14-9-6-7-10-16(14)23(17)5-2/h4,6-7,9-12,18H,1,5,8H2,2-3H3/b22-20-. The van der Waals surface area contributed by atoms with Crippen LogP contribution in [0.2, 0.25) is 0 Å². The van der Waals surface area contributed by atoms with Gasteiger partial charge in [-0.2, -0.15) is 0 Å². The number of nitrogens with zero attached hydrogens (tertiary/aromatic N) is 2.